The van der Waals surface area contributed by atoms with Crippen molar-refractivity contribution in [2.45, 2.75) is 46.6 Å². The van der Waals surface area contributed by atoms with Gasteiger partial charge in [0.25, 0.3) is 0 Å². The predicted molar refractivity (Wildman–Crippen MR) is 64.8 cm³/mol. The number of rotatable bonds is 8. The quantitative estimate of drug-likeness (QED) is 0.594. The van der Waals surface area contributed by atoms with Crippen LogP contribution in [0.3, 0.4) is 0 Å². The summed E-state index contributed by atoms with van der Waals surface area (Å²) in [5.41, 5.74) is 0. The van der Waals surface area contributed by atoms with E-state index in [1.807, 2.05) is 0 Å². The molecule has 0 N–H and O–H groups in total. The van der Waals surface area contributed by atoms with Gasteiger partial charge in [-0.1, -0.05) is 20.3 Å². The molecule has 0 aromatic heterocycles. The van der Waals surface area contributed by atoms with Gasteiger partial charge < -0.3 is 4.90 Å². The third-order valence-electron chi connectivity index (χ3n) is 2.80. The van der Waals surface area contributed by atoms with Crippen molar-refractivity contribution in [1.82, 2.24) is 9.80 Å². The molecule has 0 aliphatic heterocycles. The SMILES string of the molecule is CCCCN(C)CCN(CC)C(C)C. The van der Waals surface area contributed by atoms with Gasteiger partial charge in [0.1, 0.15) is 0 Å². The molecule has 0 heterocycles. The van der Waals surface area contributed by atoms with E-state index in [-0.39, 0.29) is 0 Å². The van der Waals surface area contributed by atoms with Crippen LogP contribution in [0.1, 0.15) is 40.5 Å². The van der Waals surface area contributed by atoms with Crippen molar-refractivity contribution < 1.29 is 0 Å². The average molecular weight is 200 g/mol. The van der Waals surface area contributed by atoms with E-state index in [2.05, 4.69) is 44.5 Å². The fraction of sp³-hybridized carbons (Fsp3) is 1.00. The van der Waals surface area contributed by atoms with Crippen LogP contribution in [0.4, 0.5) is 0 Å². The zero-order valence-electron chi connectivity index (χ0n) is 10.7. The van der Waals surface area contributed by atoms with E-state index in [1.54, 1.807) is 0 Å². The van der Waals surface area contributed by atoms with Gasteiger partial charge in [-0.05, 0) is 40.4 Å². The van der Waals surface area contributed by atoms with Gasteiger partial charge >= 0.3 is 0 Å². The molecule has 0 radical (unpaired) electrons. The summed E-state index contributed by atoms with van der Waals surface area (Å²) in [4.78, 5) is 4.96. The standard InChI is InChI=1S/C12H28N2/c1-6-8-9-13(5)10-11-14(7-2)12(3)4/h12H,6-11H2,1-5H3. The minimum absolute atomic E-state index is 0.680. The summed E-state index contributed by atoms with van der Waals surface area (Å²) in [5, 5.41) is 0. The normalized spacial score (nSPS) is 12.0. The van der Waals surface area contributed by atoms with Crippen LogP contribution in [0, 0.1) is 0 Å². The first-order chi connectivity index (χ1) is 6.61. The van der Waals surface area contributed by atoms with Crippen molar-refractivity contribution in [3.05, 3.63) is 0 Å². The minimum Gasteiger partial charge on any atom is -0.305 e. The summed E-state index contributed by atoms with van der Waals surface area (Å²) in [5.74, 6) is 0. The van der Waals surface area contributed by atoms with Crippen molar-refractivity contribution in [3.8, 4) is 0 Å². The van der Waals surface area contributed by atoms with E-state index < -0.39 is 0 Å². The second-order valence-electron chi connectivity index (χ2n) is 4.38. The van der Waals surface area contributed by atoms with Gasteiger partial charge in [-0.3, -0.25) is 4.90 Å². The number of unbranched alkanes of at least 4 members (excludes halogenated alkanes) is 1. The molecule has 86 valence electrons. The van der Waals surface area contributed by atoms with Gasteiger partial charge in [-0.15, -0.1) is 0 Å². The molecule has 0 unspecified atom stereocenters. The van der Waals surface area contributed by atoms with Crippen LogP contribution >= 0.6 is 0 Å². The van der Waals surface area contributed by atoms with E-state index in [0.29, 0.717) is 6.04 Å². The molecule has 0 atom stereocenters. The predicted octanol–water partition coefficient (Wildman–Crippen LogP) is 2.45. The number of likely N-dealkylation sites (N-methyl/N-ethyl adjacent to an activating group) is 2. The van der Waals surface area contributed by atoms with Gasteiger partial charge in [-0.2, -0.15) is 0 Å². The van der Waals surface area contributed by atoms with Crippen molar-refractivity contribution in [2.24, 2.45) is 0 Å². The van der Waals surface area contributed by atoms with Crippen molar-refractivity contribution in [1.29, 1.82) is 0 Å². The first-order valence-electron chi connectivity index (χ1n) is 6.04. The van der Waals surface area contributed by atoms with E-state index >= 15 is 0 Å². The molecule has 0 rings (SSSR count). The molecule has 0 aliphatic carbocycles. The Labute approximate surface area is 90.3 Å². The Morgan fingerprint density at radius 3 is 2.07 bits per heavy atom. The molecule has 0 bridgehead atoms. The summed E-state index contributed by atoms with van der Waals surface area (Å²) in [6, 6.07) is 0.680. The maximum atomic E-state index is 2.52. The third-order valence-corrected chi connectivity index (χ3v) is 2.80. The molecular formula is C12H28N2. The average Bonchev–Trinajstić information content (AvgIpc) is 2.15. The molecule has 0 aromatic carbocycles. The first kappa shape index (κ1) is 13.9. The maximum Gasteiger partial charge on any atom is 0.0112 e. The van der Waals surface area contributed by atoms with Crippen LogP contribution in [-0.2, 0) is 0 Å². The lowest BCUT2D eigenvalue weighted by atomic mass is 10.3. The fourth-order valence-electron chi connectivity index (χ4n) is 1.62. The van der Waals surface area contributed by atoms with Crippen LogP contribution < -0.4 is 0 Å². The largest absolute Gasteiger partial charge is 0.305 e. The third kappa shape index (κ3) is 6.39. The van der Waals surface area contributed by atoms with Crippen LogP contribution in [0.5, 0.6) is 0 Å². The highest BCUT2D eigenvalue weighted by atomic mass is 15.2. The number of hydrogen-bond donors (Lipinski definition) is 0. The smallest absolute Gasteiger partial charge is 0.0112 e. The van der Waals surface area contributed by atoms with Crippen LogP contribution in [-0.4, -0.2) is 49.1 Å². The highest BCUT2D eigenvalue weighted by Gasteiger charge is 2.07. The van der Waals surface area contributed by atoms with Crippen LogP contribution in [0.15, 0.2) is 0 Å². The van der Waals surface area contributed by atoms with E-state index in [0.717, 1.165) is 0 Å². The zero-order valence-corrected chi connectivity index (χ0v) is 10.7. The van der Waals surface area contributed by atoms with Gasteiger partial charge in [0.15, 0.2) is 0 Å². The molecule has 2 nitrogen and oxygen atoms in total. The van der Waals surface area contributed by atoms with E-state index in [9.17, 15) is 0 Å². The molecule has 0 saturated heterocycles. The first-order valence-corrected chi connectivity index (χ1v) is 6.04. The highest BCUT2D eigenvalue weighted by molar-refractivity contribution is 4.63. The molecule has 0 spiro atoms. The Morgan fingerprint density at radius 1 is 1.00 bits per heavy atom. The maximum absolute atomic E-state index is 2.52. The van der Waals surface area contributed by atoms with Crippen molar-refractivity contribution >= 4 is 0 Å². The second-order valence-corrected chi connectivity index (χ2v) is 4.38. The molecule has 0 saturated carbocycles. The Morgan fingerprint density at radius 2 is 1.64 bits per heavy atom. The van der Waals surface area contributed by atoms with E-state index in [4.69, 9.17) is 0 Å². The zero-order chi connectivity index (χ0) is 11.0. The molecule has 0 fully saturated rings. The Kier molecular flexibility index (Phi) is 8.20. The summed E-state index contributed by atoms with van der Waals surface area (Å²) in [6.45, 7) is 13.9. The second kappa shape index (κ2) is 8.25. The molecule has 0 aliphatic rings. The topological polar surface area (TPSA) is 6.48 Å². The Balaban J connectivity index is 3.57. The summed E-state index contributed by atoms with van der Waals surface area (Å²) in [6.07, 6.45) is 2.62. The Bertz CT molecular complexity index is 123. The highest BCUT2D eigenvalue weighted by Crippen LogP contribution is 1.98. The summed E-state index contributed by atoms with van der Waals surface area (Å²) >= 11 is 0. The van der Waals surface area contributed by atoms with Gasteiger partial charge in [0.05, 0.1) is 0 Å². The molecule has 0 amide bonds. The monoisotopic (exact) mass is 200 g/mol. The number of hydrogen-bond acceptors (Lipinski definition) is 2. The van der Waals surface area contributed by atoms with Crippen LogP contribution in [0.2, 0.25) is 0 Å². The fourth-order valence-corrected chi connectivity index (χ4v) is 1.62. The van der Waals surface area contributed by atoms with Gasteiger partial charge in [-0.25, -0.2) is 0 Å². The molecule has 0 aromatic rings. The summed E-state index contributed by atoms with van der Waals surface area (Å²) < 4.78 is 0. The van der Waals surface area contributed by atoms with E-state index in [1.165, 1.54) is 39.0 Å². The van der Waals surface area contributed by atoms with Crippen molar-refractivity contribution in [2.75, 3.05) is 33.2 Å². The lowest BCUT2D eigenvalue weighted by Gasteiger charge is -2.27. The van der Waals surface area contributed by atoms with Gasteiger partial charge in [0, 0.05) is 19.1 Å². The molecule has 2 heteroatoms. The van der Waals surface area contributed by atoms with Crippen molar-refractivity contribution in [3.63, 3.8) is 0 Å². The lowest BCUT2D eigenvalue weighted by molar-refractivity contribution is 0.196. The lowest BCUT2D eigenvalue weighted by Crippen LogP contribution is -2.37. The number of nitrogens with zero attached hydrogens (tertiary/aromatic N) is 2. The van der Waals surface area contributed by atoms with Crippen LogP contribution in [0.25, 0.3) is 0 Å². The van der Waals surface area contributed by atoms with Gasteiger partial charge in [0.2, 0.25) is 0 Å². The molecular weight excluding hydrogens is 172 g/mol. The summed E-state index contributed by atoms with van der Waals surface area (Å²) in [7, 11) is 2.23. The Hall–Kier alpha value is -0.0800. The molecule has 14 heavy (non-hydrogen) atoms. The minimum atomic E-state index is 0.680.